The second kappa shape index (κ2) is 8.40. The van der Waals surface area contributed by atoms with Crippen LogP contribution in [-0.2, 0) is 10.0 Å². The van der Waals surface area contributed by atoms with Crippen molar-refractivity contribution >= 4 is 21.7 Å². The molecular weight excluding hydrogens is 414 g/mol. The average Bonchev–Trinajstić information content (AvgIpc) is 2.74. The largest absolute Gasteiger partial charge is 0.353 e. The van der Waals surface area contributed by atoms with E-state index in [2.05, 4.69) is 27.0 Å². The number of benzene rings is 1. The van der Waals surface area contributed by atoms with E-state index < -0.39 is 21.7 Å². The normalized spacial score (nSPS) is 19.3. The molecule has 11 heteroatoms. The van der Waals surface area contributed by atoms with Crippen molar-refractivity contribution in [2.24, 2.45) is 0 Å². The molecule has 2 saturated heterocycles. The third-order valence-electron chi connectivity index (χ3n) is 5.50. The first kappa shape index (κ1) is 20.9. The number of rotatable bonds is 4. The van der Waals surface area contributed by atoms with Crippen LogP contribution in [0.4, 0.5) is 20.4 Å². The van der Waals surface area contributed by atoms with Crippen LogP contribution in [0.3, 0.4) is 0 Å². The van der Waals surface area contributed by atoms with Crippen molar-refractivity contribution in [2.75, 3.05) is 69.2 Å². The lowest BCUT2D eigenvalue weighted by Crippen LogP contribution is -2.49. The van der Waals surface area contributed by atoms with Crippen molar-refractivity contribution in [1.82, 2.24) is 19.4 Å². The molecule has 0 saturated carbocycles. The van der Waals surface area contributed by atoms with Gasteiger partial charge in [-0.05, 0) is 31.3 Å². The van der Waals surface area contributed by atoms with Crippen LogP contribution in [0.15, 0.2) is 35.2 Å². The minimum atomic E-state index is -3.96. The summed E-state index contributed by atoms with van der Waals surface area (Å²) in [4.78, 5) is 6.05. The van der Waals surface area contributed by atoms with E-state index >= 15 is 0 Å². The highest BCUT2D eigenvalue weighted by atomic mass is 32.2. The van der Waals surface area contributed by atoms with Gasteiger partial charge < -0.3 is 14.7 Å². The van der Waals surface area contributed by atoms with Gasteiger partial charge in [-0.25, -0.2) is 17.2 Å². The number of aromatic nitrogens is 2. The molecule has 3 heterocycles. The lowest BCUT2D eigenvalue weighted by molar-refractivity contribution is 0.312. The van der Waals surface area contributed by atoms with E-state index in [1.165, 1.54) is 4.31 Å². The van der Waals surface area contributed by atoms with Crippen LogP contribution in [0, 0.1) is 11.6 Å². The minimum Gasteiger partial charge on any atom is -0.353 e. The molecule has 0 aliphatic carbocycles. The Morgan fingerprint density at radius 1 is 0.767 bits per heavy atom. The summed E-state index contributed by atoms with van der Waals surface area (Å²) < 4.78 is 53.6. The van der Waals surface area contributed by atoms with Gasteiger partial charge in [-0.2, -0.15) is 4.31 Å². The molecule has 2 fully saturated rings. The Labute approximate surface area is 174 Å². The molecule has 0 spiro atoms. The van der Waals surface area contributed by atoms with Gasteiger partial charge in [0.15, 0.2) is 11.6 Å². The van der Waals surface area contributed by atoms with Crippen molar-refractivity contribution < 1.29 is 17.2 Å². The van der Waals surface area contributed by atoms with Gasteiger partial charge in [0, 0.05) is 58.4 Å². The van der Waals surface area contributed by atoms with Gasteiger partial charge in [0.1, 0.15) is 11.6 Å². The van der Waals surface area contributed by atoms with Crippen molar-refractivity contribution in [3.05, 3.63) is 42.0 Å². The van der Waals surface area contributed by atoms with Gasteiger partial charge in [0.05, 0.1) is 4.90 Å². The molecule has 4 rings (SSSR count). The molecule has 8 nitrogen and oxygen atoms in total. The Kier molecular flexibility index (Phi) is 5.85. The zero-order valence-corrected chi connectivity index (χ0v) is 17.5. The van der Waals surface area contributed by atoms with E-state index in [1.807, 2.05) is 17.0 Å². The van der Waals surface area contributed by atoms with Gasteiger partial charge in [0.2, 0.25) is 10.0 Å². The number of sulfonamides is 1. The minimum absolute atomic E-state index is 0.197. The number of likely N-dealkylation sites (N-methyl/N-ethyl adjacent to an activating group) is 1. The molecule has 2 aromatic rings. The first-order valence-corrected chi connectivity index (χ1v) is 11.3. The summed E-state index contributed by atoms with van der Waals surface area (Å²) in [7, 11) is -1.86. The Hall–Kier alpha value is -2.37. The summed E-state index contributed by atoms with van der Waals surface area (Å²) in [5.74, 6) is -0.311. The van der Waals surface area contributed by atoms with Gasteiger partial charge in [-0.1, -0.05) is 0 Å². The molecule has 1 aromatic heterocycles. The van der Waals surface area contributed by atoms with E-state index in [0.717, 1.165) is 44.1 Å². The maximum absolute atomic E-state index is 13.4. The molecule has 1 aromatic carbocycles. The van der Waals surface area contributed by atoms with Gasteiger partial charge in [0.25, 0.3) is 0 Å². The van der Waals surface area contributed by atoms with Crippen LogP contribution in [0.1, 0.15) is 0 Å². The Morgan fingerprint density at radius 3 is 1.70 bits per heavy atom. The van der Waals surface area contributed by atoms with Crippen molar-refractivity contribution in [3.8, 4) is 0 Å². The number of nitrogens with zero attached hydrogens (tertiary/aromatic N) is 6. The zero-order valence-electron chi connectivity index (χ0n) is 16.7. The summed E-state index contributed by atoms with van der Waals surface area (Å²) in [5, 5.41) is 8.66. The zero-order chi connectivity index (χ0) is 21.3. The maximum atomic E-state index is 13.4. The molecule has 0 unspecified atom stereocenters. The maximum Gasteiger partial charge on any atom is 0.243 e. The fraction of sp³-hybridized carbons (Fsp3) is 0.474. The Bertz CT molecular complexity index is 968. The fourth-order valence-electron chi connectivity index (χ4n) is 3.68. The molecule has 0 amide bonds. The summed E-state index contributed by atoms with van der Waals surface area (Å²) in [6.45, 7) is 5.00. The monoisotopic (exact) mass is 438 g/mol. The smallest absolute Gasteiger partial charge is 0.243 e. The highest BCUT2D eigenvalue weighted by Gasteiger charge is 2.30. The molecular formula is C19H24F2N6O2S. The Balaban J connectivity index is 1.39. The van der Waals surface area contributed by atoms with Gasteiger partial charge >= 0.3 is 0 Å². The first-order valence-electron chi connectivity index (χ1n) is 9.81. The van der Waals surface area contributed by atoms with Crippen LogP contribution in [-0.4, -0.2) is 87.2 Å². The van der Waals surface area contributed by atoms with E-state index in [-0.39, 0.29) is 18.0 Å². The molecule has 162 valence electrons. The predicted octanol–water partition coefficient (Wildman–Crippen LogP) is 1.02. The second-order valence-corrected chi connectivity index (χ2v) is 9.47. The molecule has 0 N–H and O–H groups in total. The lowest BCUT2D eigenvalue weighted by Gasteiger charge is -2.35. The van der Waals surface area contributed by atoms with Crippen LogP contribution >= 0.6 is 0 Å². The quantitative estimate of drug-likeness (QED) is 0.706. The molecule has 0 radical (unpaired) electrons. The Morgan fingerprint density at radius 2 is 1.23 bits per heavy atom. The van der Waals surface area contributed by atoms with Crippen LogP contribution < -0.4 is 9.80 Å². The fourth-order valence-corrected chi connectivity index (χ4v) is 5.14. The topological polar surface area (TPSA) is 72.9 Å². The first-order chi connectivity index (χ1) is 14.3. The highest BCUT2D eigenvalue weighted by Crippen LogP contribution is 2.22. The number of hydrogen-bond acceptors (Lipinski definition) is 7. The summed E-state index contributed by atoms with van der Waals surface area (Å²) >= 11 is 0. The van der Waals surface area contributed by atoms with E-state index in [9.17, 15) is 17.2 Å². The highest BCUT2D eigenvalue weighted by molar-refractivity contribution is 7.89. The van der Waals surface area contributed by atoms with Gasteiger partial charge in [-0.15, -0.1) is 10.2 Å². The van der Waals surface area contributed by atoms with Crippen LogP contribution in [0.5, 0.6) is 0 Å². The van der Waals surface area contributed by atoms with E-state index in [1.54, 1.807) is 0 Å². The predicted molar refractivity (Wildman–Crippen MR) is 109 cm³/mol. The van der Waals surface area contributed by atoms with Crippen LogP contribution in [0.2, 0.25) is 0 Å². The molecule has 0 bridgehead atoms. The van der Waals surface area contributed by atoms with Crippen LogP contribution in [0.25, 0.3) is 0 Å². The van der Waals surface area contributed by atoms with E-state index in [4.69, 9.17) is 0 Å². The molecule has 0 atom stereocenters. The summed E-state index contributed by atoms with van der Waals surface area (Å²) in [5.41, 5.74) is 0. The number of halogens is 2. The third-order valence-corrected chi connectivity index (χ3v) is 7.38. The summed E-state index contributed by atoms with van der Waals surface area (Å²) in [6.07, 6.45) is 0. The van der Waals surface area contributed by atoms with Crippen molar-refractivity contribution in [2.45, 2.75) is 4.90 Å². The molecule has 2 aliphatic heterocycles. The number of hydrogen-bond donors (Lipinski definition) is 0. The lowest BCUT2D eigenvalue weighted by atomic mass is 10.3. The van der Waals surface area contributed by atoms with E-state index in [0.29, 0.717) is 25.0 Å². The molecule has 30 heavy (non-hydrogen) atoms. The third kappa shape index (κ3) is 4.37. The second-order valence-electron chi connectivity index (χ2n) is 7.54. The van der Waals surface area contributed by atoms with Crippen molar-refractivity contribution in [3.63, 3.8) is 0 Å². The standard InChI is InChI=1S/C19H24F2N6O2S/c1-24-4-6-25(7-5-24)18-2-3-19(23-22-18)26-8-10-27(11-9-26)30(28,29)17-13-15(20)12-16(21)14-17/h2-3,12-14H,4-11H2,1H3. The molecule has 2 aliphatic rings. The number of piperazine rings is 2. The SMILES string of the molecule is CN1CCN(c2ccc(N3CCN(S(=O)(=O)c4cc(F)cc(F)c4)CC3)nn2)CC1. The number of anilines is 2. The summed E-state index contributed by atoms with van der Waals surface area (Å²) in [6, 6.07) is 6.17. The van der Waals surface area contributed by atoms with Gasteiger partial charge in [-0.3, -0.25) is 0 Å². The average molecular weight is 439 g/mol. The van der Waals surface area contributed by atoms with Crippen molar-refractivity contribution in [1.29, 1.82) is 0 Å².